The van der Waals surface area contributed by atoms with Gasteiger partial charge in [-0.25, -0.2) is 4.79 Å². The van der Waals surface area contributed by atoms with Gasteiger partial charge in [-0.1, -0.05) is 12.1 Å². The zero-order chi connectivity index (χ0) is 18.6. The van der Waals surface area contributed by atoms with Crippen molar-refractivity contribution in [3.05, 3.63) is 59.7 Å². The summed E-state index contributed by atoms with van der Waals surface area (Å²) < 4.78 is 26.8. The third kappa shape index (κ3) is 4.32. The number of amides is 1. The van der Waals surface area contributed by atoms with Crippen LogP contribution in [0.15, 0.2) is 57.8 Å². The number of nitrogens with zero attached hydrogens (tertiary/aromatic N) is 1. The number of anilines is 1. The summed E-state index contributed by atoms with van der Waals surface area (Å²) in [5, 5.41) is 11.6. The summed E-state index contributed by atoms with van der Waals surface area (Å²) in [4.78, 5) is 23.2. The minimum absolute atomic E-state index is 0.0211. The number of sulfonamides is 1. The number of carboxylic acids is 1. The third-order valence-electron chi connectivity index (χ3n) is 3.04. The molecule has 0 aliphatic carbocycles. The average Bonchev–Trinajstić information content (AvgIpc) is 2.54. The maximum atomic E-state index is 12.2. The second-order valence-electron chi connectivity index (χ2n) is 4.82. The van der Waals surface area contributed by atoms with E-state index in [2.05, 4.69) is 9.71 Å². The van der Waals surface area contributed by atoms with Gasteiger partial charge in [0.05, 0.1) is 16.0 Å². The van der Waals surface area contributed by atoms with Crippen LogP contribution in [-0.2, 0) is 10.0 Å². The molecule has 0 aliphatic heterocycles. The lowest BCUT2D eigenvalue weighted by Gasteiger charge is -2.08. The molecule has 0 bridgehead atoms. The standard InChI is InChI=1S/C15H14N4O5S/c16-15(17)19-25(23,24)10-7-5-9(6-8-10)18-13(20)11-3-1-2-4-12(11)14(21)22/h1-8H,(H,18,20)(H,21,22)(H4,16,17,19). The molecule has 0 heterocycles. The molecule has 2 aromatic rings. The number of carboxylic acid groups (broad SMARTS) is 1. The average molecular weight is 362 g/mol. The molecule has 2 aromatic carbocycles. The van der Waals surface area contributed by atoms with Gasteiger partial charge in [0.25, 0.3) is 15.9 Å². The number of hydrogen-bond donors (Lipinski definition) is 4. The third-order valence-corrected chi connectivity index (χ3v) is 4.36. The highest BCUT2D eigenvalue weighted by Gasteiger charge is 2.17. The van der Waals surface area contributed by atoms with Gasteiger partial charge >= 0.3 is 5.97 Å². The second kappa shape index (κ2) is 7.01. The molecule has 25 heavy (non-hydrogen) atoms. The summed E-state index contributed by atoms with van der Waals surface area (Å²) in [7, 11) is -4.03. The Bertz CT molecular complexity index is 948. The predicted octanol–water partition coefficient (Wildman–Crippen LogP) is 0.599. The summed E-state index contributed by atoms with van der Waals surface area (Å²) in [6, 6.07) is 10.8. The van der Waals surface area contributed by atoms with E-state index < -0.39 is 27.9 Å². The summed E-state index contributed by atoms with van der Waals surface area (Å²) in [5.41, 5.74) is 10.2. The van der Waals surface area contributed by atoms with E-state index in [-0.39, 0.29) is 21.7 Å². The van der Waals surface area contributed by atoms with Gasteiger partial charge < -0.3 is 21.9 Å². The first-order valence-corrected chi connectivity index (χ1v) is 8.24. The van der Waals surface area contributed by atoms with Crippen LogP contribution in [0.1, 0.15) is 20.7 Å². The maximum absolute atomic E-state index is 12.2. The van der Waals surface area contributed by atoms with Gasteiger partial charge in [0.15, 0.2) is 0 Å². The topological polar surface area (TPSA) is 165 Å². The van der Waals surface area contributed by atoms with Crippen LogP contribution in [0, 0.1) is 0 Å². The molecule has 0 radical (unpaired) electrons. The molecule has 0 aromatic heterocycles. The van der Waals surface area contributed by atoms with Crippen molar-refractivity contribution in [3.8, 4) is 0 Å². The van der Waals surface area contributed by atoms with E-state index >= 15 is 0 Å². The number of rotatable bonds is 5. The number of guanidine groups is 1. The van der Waals surface area contributed by atoms with Gasteiger partial charge in [-0.2, -0.15) is 8.42 Å². The Morgan fingerprint density at radius 1 is 0.960 bits per heavy atom. The highest BCUT2D eigenvalue weighted by atomic mass is 32.2. The molecule has 1 amide bonds. The molecule has 9 nitrogen and oxygen atoms in total. The molecule has 2 rings (SSSR count). The maximum Gasteiger partial charge on any atom is 0.336 e. The van der Waals surface area contributed by atoms with Crippen LogP contribution >= 0.6 is 0 Å². The fourth-order valence-electron chi connectivity index (χ4n) is 1.97. The van der Waals surface area contributed by atoms with E-state index in [0.717, 1.165) is 0 Å². The van der Waals surface area contributed by atoms with E-state index in [1.807, 2.05) is 0 Å². The molecule has 0 fully saturated rings. The van der Waals surface area contributed by atoms with Crippen LogP contribution in [0.3, 0.4) is 0 Å². The van der Waals surface area contributed by atoms with Crippen molar-refractivity contribution in [2.75, 3.05) is 5.32 Å². The van der Waals surface area contributed by atoms with E-state index in [4.69, 9.17) is 16.6 Å². The Kier molecular flexibility index (Phi) is 5.03. The lowest BCUT2D eigenvalue weighted by atomic mass is 10.1. The molecule has 0 saturated heterocycles. The molecule has 0 aliphatic rings. The quantitative estimate of drug-likeness (QED) is 0.446. The van der Waals surface area contributed by atoms with Crippen LogP contribution in [0.25, 0.3) is 0 Å². The van der Waals surface area contributed by atoms with Crippen molar-refractivity contribution in [2.24, 2.45) is 15.9 Å². The highest BCUT2D eigenvalue weighted by Crippen LogP contribution is 2.18. The van der Waals surface area contributed by atoms with Gasteiger partial charge in [0.1, 0.15) is 0 Å². The van der Waals surface area contributed by atoms with E-state index in [1.54, 1.807) is 0 Å². The lowest BCUT2D eigenvalue weighted by molar-refractivity contribution is 0.0692. The molecule has 0 spiro atoms. The van der Waals surface area contributed by atoms with Gasteiger partial charge in [0, 0.05) is 5.69 Å². The number of hydrogen-bond acceptors (Lipinski definition) is 4. The molecule has 6 N–H and O–H groups in total. The normalized spacial score (nSPS) is 10.7. The van der Waals surface area contributed by atoms with Crippen LogP contribution in [0.5, 0.6) is 0 Å². The predicted molar refractivity (Wildman–Crippen MR) is 90.8 cm³/mol. The molecule has 0 unspecified atom stereocenters. The minimum atomic E-state index is -4.03. The van der Waals surface area contributed by atoms with Crippen molar-refractivity contribution >= 4 is 33.5 Å². The number of carbonyl (C=O) groups excluding carboxylic acids is 1. The summed E-state index contributed by atoms with van der Waals surface area (Å²) in [6.45, 7) is 0. The number of carbonyl (C=O) groups is 2. The largest absolute Gasteiger partial charge is 0.478 e. The molecular formula is C15H14N4O5S. The molecular weight excluding hydrogens is 348 g/mol. The Hall–Kier alpha value is -3.40. The number of benzene rings is 2. The SMILES string of the molecule is NC(N)=NS(=O)(=O)c1ccc(NC(=O)c2ccccc2C(=O)O)cc1. The van der Waals surface area contributed by atoms with E-state index in [9.17, 15) is 18.0 Å². The van der Waals surface area contributed by atoms with Crippen LogP contribution < -0.4 is 16.8 Å². The van der Waals surface area contributed by atoms with Crippen LogP contribution in [0.4, 0.5) is 5.69 Å². The zero-order valence-corrected chi connectivity index (χ0v) is 13.5. The lowest BCUT2D eigenvalue weighted by Crippen LogP contribution is -2.24. The molecule has 130 valence electrons. The minimum Gasteiger partial charge on any atom is -0.478 e. The second-order valence-corrected chi connectivity index (χ2v) is 6.42. The Balaban J connectivity index is 2.24. The molecule has 10 heteroatoms. The van der Waals surface area contributed by atoms with Gasteiger partial charge in [0.2, 0.25) is 5.96 Å². The molecule has 0 saturated carbocycles. The van der Waals surface area contributed by atoms with Crippen molar-refractivity contribution in [3.63, 3.8) is 0 Å². The van der Waals surface area contributed by atoms with Crippen LogP contribution in [-0.4, -0.2) is 31.4 Å². The molecule has 0 atom stereocenters. The van der Waals surface area contributed by atoms with Gasteiger partial charge in [-0.15, -0.1) is 4.40 Å². The van der Waals surface area contributed by atoms with Crippen molar-refractivity contribution < 1.29 is 23.1 Å². The Morgan fingerprint density at radius 2 is 1.52 bits per heavy atom. The fourth-order valence-corrected chi connectivity index (χ4v) is 2.83. The summed E-state index contributed by atoms with van der Waals surface area (Å²) in [5.74, 6) is -2.47. The van der Waals surface area contributed by atoms with Crippen molar-refractivity contribution in [2.45, 2.75) is 4.90 Å². The fraction of sp³-hybridized carbons (Fsp3) is 0. The first-order valence-electron chi connectivity index (χ1n) is 6.80. The van der Waals surface area contributed by atoms with E-state index in [1.165, 1.54) is 48.5 Å². The monoisotopic (exact) mass is 362 g/mol. The van der Waals surface area contributed by atoms with Crippen molar-refractivity contribution in [1.29, 1.82) is 0 Å². The highest BCUT2D eigenvalue weighted by molar-refractivity contribution is 7.90. The first kappa shape index (κ1) is 17.9. The summed E-state index contributed by atoms with van der Waals surface area (Å²) in [6.07, 6.45) is 0. The zero-order valence-electron chi connectivity index (χ0n) is 12.7. The first-order chi connectivity index (χ1) is 11.7. The van der Waals surface area contributed by atoms with E-state index in [0.29, 0.717) is 0 Å². The van der Waals surface area contributed by atoms with Crippen LogP contribution in [0.2, 0.25) is 0 Å². The number of aromatic carboxylic acids is 1. The smallest absolute Gasteiger partial charge is 0.336 e. The van der Waals surface area contributed by atoms with Crippen molar-refractivity contribution in [1.82, 2.24) is 0 Å². The van der Waals surface area contributed by atoms with Gasteiger partial charge in [-0.05, 0) is 36.4 Å². The summed E-state index contributed by atoms with van der Waals surface area (Å²) >= 11 is 0. The number of nitrogens with two attached hydrogens (primary N) is 2. The number of nitrogens with one attached hydrogen (secondary N) is 1. The van der Waals surface area contributed by atoms with Gasteiger partial charge in [-0.3, -0.25) is 4.79 Å². The Morgan fingerprint density at radius 3 is 2.04 bits per heavy atom. The Labute approximate surface area is 143 Å².